The SMILES string of the molecule is Nc1ncnc2c1ncn2[C@@H]1O[C@@H]2CO[P@@](=O)(S)O[C@@H]3[C@H](O)[C@@H](CO[P@@](=O)(S)O[C@H]2[C@@H]1F)O[C@H]3n1ccc(=O)c2nccn21. The van der Waals surface area contributed by atoms with Crippen molar-refractivity contribution in [1.29, 1.82) is 0 Å². The number of thiol groups is 2. The molecule has 18 nitrogen and oxygen atoms in total. The van der Waals surface area contributed by atoms with Gasteiger partial charge in [-0.25, -0.2) is 38.0 Å². The second kappa shape index (κ2) is 11.1. The Hall–Kier alpha value is -2.42. The third-order valence-corrected chi connectivity index (χ3v) is 10.5. The molecule has 3 aliphatic heterocycles. The molecule has 0 aromatic carbocycles. The van der Waals surface area contributed by atoms with Crippen LogP contribution < -0.4 is 11.2 Å². The first kappa shape index (κ1) is 30.2. The van der Waals surface area contributed by atoms with Crippen LogP contribution in [0.5, 0.6) is 0 Å². The molecule has 7 heterocycles. The van der Waals surface area contributed by atoms with Gasteiger partial charge in [0.1, 0.15) is 42.4 Å². The van der Waals surface area contributed by atoms with Crippen molar-refractivity contribution in [1.82, 2.24) is 33.7 Å². The first-order valence-electron chi connectivity index (χ1n) is 12.8. The average Bonchev–Trinajstić information content (AvgIpc) is 3.75. The summed E-state index contributed by atoms with van der Waals surface area (Å²) in [7, 11) is 0. The second-order valence-electron chi connectivity index (χ2n) is 9.97. The van der Waals surface area contributed by atoms with Crippen molar-refractivity contribution in [2.75, 3.05) is 18.9 Å². The molecule has 0 spiro atoms. The van der Waals surface area contributed by atoms with Crippen LogP contribution in [0, 0.1) is 0 Å². The Bertz CT molecular complexity index is 1900. The van der Waals surface area contributed by atoms with Crippen LogP contribution >= 0.6 is 38.1 Å². The molecule has 2 bridgehead atoms. The number of fused-ring (bicyclic) bond motifs is 5. The summed E-state index contributed by atoms with van der Waals surface area (Å²) in [6.07, 6.45) is -5.30. The lowest BCUT2D eigenvalue weighted by molar-refractivity contribution is -0.0636. The maximum absolute atomic E-state index is 16.0. The average molecular weight is 693 g/mol. The van der Waals surface area contributed by atoms with Crippen LogP contribution in [0.1, 0.15) is 12.5 Å². The van der Waals surface area contributed by atoms with Gasteiger partial charge in [-0.05, 0) is 0 Å². The summed E-state index contributed by atoms with van der Waals surface area (Å²) in [6, 6.07) is 1.22. The summed E-state index contributed by atoms with van der Waals surface area (Å²) in [6.45, 7) is -9.95. The van der Waals surface area contributed by atoms with Gasteiger partial charge in [0.25, 0.3) is 0 Å². The molecular formula is C21H23FN8O10P2S2. The molecule has 236 valence electrons. The maximum Gasteiger partial charge on any atom is 0.386 e. The molecule has 3 N–H and O–H groups in total. The number of halogens is 1. The van der Waals surface area contributed by atoms with Crippen molar-refractivity contribution < 1.29 is 46.2 Å². The molecule has 7 rings (SSSR count). The Morgan fingerprint density at radius 1 is 0.955 bits per heavy atom. The minimum Gasteiger partial charge on any atom is -0.387 e. The molecule has 3 fully saturated rings. The Labute approximate surface area is 255 Å². The highest BCUT2D eigenvalue weighted by molar-refractivity contribution is 8.44. The Kier molecular flexibility index (Phi) is 7.65. The number of rotatable bonds is 2. The number of aliphatic hydroxyl groups excluding tert-OH is 1. The summed E-state index contributed by atoms with van der Waals surface area (Å²) in [5, 5.41) is 11.1. The van der Waals surface area contributed by atoms with Gasteiger partial charge in [-0.1, -0.05) is 24.5 Å². The van der Waals surface area contributed by atoms with Crippen molar-refractivity contribution in [3.8, 4) is 0 Å². The van der Waals surface area contributed by atoms with Gasteiger partial charge in [0.15, 0.2) is 35.7 Å². The smallest absolute Gasteiger partial charge is 0.386 e. The van der Waals surface area contributed by atoms with Crippen LogP contribution in [-0.4, -0.2) is 88.7 Å². The van der Waals surface area contributed by atoms with Crippen molar-refractivity contribution in [3.05, 3.63) is 47.5 Å². The molecule has 3 saturated heterocycles. The molecule has 4 aromatic rings. The zero-order valence-electron chi connectivity index (χ0n) is 22.0. The summed E-state index contributed by atoms with van der Waals surface area (Å²) in [5.41, 5.74) is 5.83. The predicted octanol–water partition coefficient (Wildman–Crippen LogP) is 1.30. The Morgan fingerprint density at radius 2 is 1.66 bits per heavy atom. The van der Waals surface area contributed by atoms with Gasteiger partial charge in [-0.15, -0.1) is 0 Å². The third-order valence-electron chi connectivity index (χ3n) is 7.28. The number of nitrogen functional groups attached to an aromatic ring is 1. The van der Waals surface area contributed by atoms with Gasteiger partial charge in [-0.3, -0.25) is 32.1 Å². The molecule has 3 aliphatic rings. The number of nitrogens with two attached hydrogens (primary N) is 1. The zero-order chi connectivity index (χ0) is 31.0. The summed E-state index contributed by atoms with van der Waals surface area (Å²) < 4.78 is 80.7. The fourth-order valence-electron chi connectivity index (χ4n) is 5.28. The number of ether oxygens (including phenoxy) is 2. The van der Waals surface area contributed by atoms with Gasteiger partial charge in [0.05, 0.1) is 19.5 Å². The molecule has 0 aliphatic carbocycles. The monoisotopic (exact) mass is 692 g/mol. The lowest BCUT2D eigenvalue weighted by atomic mass is 10.1. The lowest BCUT2D eigenvalue weighted by Crippen LogP contribution is -2.36. The first-order chi connectivity index (χ1) is 20.9. The molecular weight excluding hydrogens is 669 g/mol. The van der Waals surface area contributed by atoms with Crippen LogP contribution in [0.2, 0.25) is 0 Å². The van der Waals surface area contributed by atoms with E-state index in [0.29, 0.717) is 0 Å². The zero-order valence-corrected chi connectivity index (χ0v) is 25.6. The maximum atomic E-state index is 16.0. The Balaban J connectivity index is 1.21. The molecule has 10 atom stereocenters. The van der Waals surface area contributed by atoms with Crippen molar-refractivity contribution >= 4 is 60.7 Å². The van der Waals surface area contributed by atoms with Crippen LogP contribution in [0.4, 0.5) is 10.2 Å². The molecule has 0 amide bonds. The van der Waals surface area contributed by atoms with Gasteiger partial charge in [-0.2, -0.15) is 0 Å². The highest BCUT2D eigenvalue weighted by atomic mass is 32.7. The molecule has 23 heteroatoms. The van der Waals surface area contributed by atoms with Crippen molar-refractivity contribution in [3.63, 3.8) is 0 Å². The van der Waals surface area contributed by atoms with Gasteiger partial charge in [0.2, 0.25) is 5.43 Å². The number of hydrogen-bond donors (Lipinski definition) is 4. The fourth-order valence-corrected chi connectivity index (χ4v) is 8.22. The number of imidazole rings is 2. The molecule has 4 aromatic heterocycles. The number of aliphatic hydroxyl groups is 1. The van der Waals surface area contributed by atoms with E-state index in [1.54, 1.807) is 0 Å². The molecule has 0 saturated carbocycles. The van der Waals surface area contributed by atoms with Crippen molar-refractivity contribution in [2.24, 2.45) is 0 Å². The van der Waals surface area contributed by atoms with Crippen LogP contribution in [-0.2, 0) is 36.7 Å². The number of alkyl halides is 1. The molecule has 0 radical (unpaired) electrons. The highest BCUT2D eigenvalue weighted by Crippen LogP contribution is 2.60. The van der Waals surface area contributed by atoms with E-state index in [4.69, 9.17) is 33.3 Å². The van der Waals surface area contributed by atoms with E-state index < -0.39 is 81.4 Å². The number of anilines is 1. The van der Waals surface area contributed by atoms with Crippen LogP contribution in [0.15, 0.2) is 42.1 Å². The minimum absolute atomic E-state index is 0.0385. The van der Waals surface area contributed by atoms with E-state index in [2.05, 4.69) is 44.4 Å². The second-order valence-corrected chi connectivity index (χ2v) is 15.7. The van der Waals surface area contributed by atoms with Crippen LogP contribution in [0.25, 0.3) is 16.8 Å². The highest BCUT2D eigenvalue weighted by Gasteiger charge is 2.53. The largest absolute Gasteiger partial charge is 0.387 e. The summed E-state index contributed by atoms with van der Waals surface area (Å²) in [4.78, 5) is 28.3. The molecule has 44 heavy (non-hydrogen) atoms. The van der Waals surface area contributed by atoms with E-state index in [9.17, 15) is 19.0 Å². The normalized spacial score (nSPS) is 38.3. The predicted molar refractivity (Wildman–Crippen MR) is 153 cm³/mol. The van der Waals surface area contributed by atoms with E-state index >= 15 is 4.39 Å². The van der Waals surface area contributed by atoms with Gasteiger partial charge < -0.3 is 20.3 Å². The first-order valence-corrected chi connectivity index (χ1v) is 18.2. The standard InChI is InChI=1S/C21H23FN8O10P2S2/c22-12-15-11(38-20(12)28-8-27-13-17(23)25-7-26-19(13)28)6-36-42(34,44)40-16-14(32)10(5-35-41(33,43)39-15)37-21(16)30-3-1-9(31)18-24-2-4-29(18)30/h1-4,7-8,10-12,14-16,20-21,32H,5-6H2,(H,33,43)(H,34,44)(H2,23,25,26)/t10-,11-,12+,14-,15-,16-,20-,21-,41-,42-/m1/s1. The van der Waals surface area contributed by atoms with E-state index in [0.717, 1.165) is 0 Å². The quantitative estimate of drug-likeness (QED) is 0.172. The molecule has 0 unspecified atom stereocenters. The van der Waals surface area contributed by atoms with E-state index in [1.165, 1.54) is 51.1 Å². The number of aromatic nitrogens is 7. The van der Waals surface area contributed by atoms with Crippen LogP contribution in [0.3, 0.4) is 0 Å². The van der Waals surface area contributed by atoms with E-state index in [1.807, 2.05) is 0 Å². The van der Waals surface area contributed by atoms with Gasteiger partial charge in [0, 0.05) is 24.7 Å². The summed E-state index contributed by atoms with van der Waals surface area (Å²) >= 11 is 8.07. The lowest BCUT2D eigenvalue weighted by Gasteiger charge is -2.27. The summed E-state index contributed by atoms with van der Waals surface area (Å²) in [5.74, 6) is 0.0546. The minimum atomic E-state index is -4.37. The van der Waals surface area contributed by atoms with Gasteiger partial charge >= 0.3 is 13.6 Å². The Morgan fingerprint density at radius 3 is 2.43 bits per heavy atom. The number of hydrogen-bond acceptors (Lipinski definition) is 15. The van der Waals surface area contributed by atoms with Crippen molar-refractivity contribution in [2.45, 2.75) is 49.1 Å². The topological polar surface area (TPSA) is 219 Å². The fraction of sp³-hybridized carbons (Fsp3) is 0.476. The number of nitrogens with zero attached hydrogens (tertiary/aromatic N) is 7. The van der Waals surface area contributed by atoms with E-state index in [-0.39, 0.29) is 22.6 Å². The third kappa shape index (κ3) is 5.28.